The average Bonchev–Trinajstić information content (AvgIpc) is 3.20. The number of hydrogen-bond donors (Lipinski definition) is 0. The Balaban J connectivity index is 1.57. The zero-order valence-electron chi connectivity index (χ0n) is 15.6. The van der Waals surface area contributed by atoms with Crippen LogP contribution in [-0.4, -0.2) is 11.5 Å². The first-order chi connectivity index (χ1) is 14.3. The molecule has 0 aliphatic heterocycles. The van der Waals surface area contributed by atoms with E-state index in [4.69, 9.17) is 16.6 Å². The number of benzene rings is 3. The van der Waals surface area contributed by atoms with Gasteiger partial charge in [0, 0.05) is 10.6 Å². The fraction of sp³-hybridized carbons (Fsp3) is 0.0417. The van der Waals surface area contributed by atoms with E-state index in [1.165, 1.54) is 11.3 Å². The van der Waals surface area contributed by atoms with Crippen molar-refractivity contribution in [2.75, 3.05) is 6.54 Å². The zero-order chi connectivity index (χ0) is 19.9. The standard InChI is InChI=1S/C24H18ClN3S/c25-21-15-13-19(14-16-21)22-23(20-11-5-2-6-12-20)29-24(27-22)28-26-17-7-10-18-8-3-1-4-9-18/h1-16H,17H2. The first-order valence-electron chi connectivity index (χ1n) is 9.21. The predicted octanol–water partition coefficient (Wildman–Crippen LogP) is 7.93. The monoisotopic (exact) mass is 415 g/mol. The Morgan fingerprint density at radius 1 is 0.828 bits per heavy atom. The zero-order valence-corrected chi connectivity index (χ0v) is 17.1. The van der Waals surface area contributed by atoms with Gasteiger partial charge in [-0.15, -0.1) is 5.11 Å². The summed E-state index contributed by atoms with van der Waals surface area (Å²) in [6, 6.07) is 28.1. The SMILES string of the molecule is Clc1ccc(-c2nc(N=NCC=Cc3ccccc3)sc2-c2ccccc2)cc1. The molecule has 3 nitrogen and oxygen atoms in total. The van der Waals surface area contributed by atoms with Gasteiger partial charge >= 0.3 is 0 Å². The van der Waals surface area contributed by atoms with Gasteiger partial charge in [0.05, 0.1) is 17.1 Å². The Morgan fingerprint density at radius 2 is 1.52 bits per heavy atom. The summed E-state index contributed by atoms with van der Waals surface area (Å²) in [5.41, 5.74) is 4.16. The summed E-state index contributed by atoms with van der Waals surface area (Å²) in [6.45, 7) is 0.505. The first kappa shape index (κ1) is 19.2. The largest absolute Gasteiger partial charge is 0.230 e. The molecular weight excluding hydrogens is 398 g/mol. The third-order valence-corrected chi connectivity index (χ3v) is 5.46. The summed E-state index contributed by atoms with van der Waals surface area (Å²) in [7, 11) is 0. The van der Waals surface area contributed by atoms with E-state index in [0.29, 0.717) is 16.7 Å². The van der Waals surface area contributed by atoms with Gasteiger partial charge in [0.1, 0.15) is 0 Å². The lowest BCUT2D eigenvalue weighted by atomic mass is 10.1. The van der Waals surface area contributed by atoms with Crippen molar-refractivity contribution in [3.63, 3.8) is 0 Å². The second-order valence-corrected chi connectivity index (χ2v) is 7.70. The second kappa shape index (κ2) is 9.41. The summed E-state index contributed by atoms with van der Waals surface area (Å²) in [4.78, 5) is 5.80. The van der Waals surface area contributed by atoms with Crippen molar-refractivity contribution >= 4 is 34.1 Å². The molecule has 29 heavy (non-hydrogen) atoms. The van der Waals surface area contributed by atoms with Crippen molar-refractivity contribution in [2.45, 2.75) is 0 Å². The van der Waals surface area contributed by atoms with E-state index < -0.39 is 0 Å². The van der Waals surface area contributed by atoms with Crippen molar-refractivity contribution in [3.05, 3.63) is 102 Å². The van der Waals surface area contributed by atoms with Crippen molar-refractivity contribution < 1.29 is 0 Å². The lowest BCUT2D eigenvalue weighted by Gasteiger charge is -2.02. The smallest absolute Gasteiger partial charge is 0.216 e. The Morgan fingerprint density at radius 3 is 2.24 bits per heavy atom. The van der Waals surface area contributed by atoms with Gasteiger partial charge in [-0.2, -0.15) is 5.11 Å². The first-order valence-corrected chi connectivity index (χ1v) is 10.4. The highest BCUT2D eigenvalue weighted by molar-refractivity contribution is 7.19. The molecule has 4 rings (SSSR count). The van der Waals surface area contributed by atoms with Gasteiger partial charge in [-0.25, -0.2) is 4.98 Å². The predicted molar refractivity (Wildman–Crippen MR) is 123 cm³/mol. The number of hydrogen-bond acceptors (Lipinski definition) is 4. The third kappa shape index (κ3) is 5.05. The van der Waals surface area contributed by atoms with Gasteiger partial charge in [-0.3, -0.25) is 0 Å². The van der Waals surface area contributed by atoms with Crippen LogP contribution in [0.1, 0.15) is 5.56 Å². The van der Waals surface area contributed by atoms with E-state index in [0.717, 1.165) is 27.3 Å². The molecule has 1 aromatic heterocycles. The van der Waals surface area contributed by atoms with E-state index in [1.54, 1.807) is 0 Å². The van der Waals surface area contributed by atoms with E-state index in [1.807, 2.05) is 72.8 Å². The number of aromatic nitrogens is 1. The summed E-state index contributed by atoms with van der Waals surface area (Å²) in [5, 5.41) is 9.96. The number of thiazole rings is 1. The second-order valence-electron chi connectivity index (χ2n) is 6.28. The van der Waals surface area contributed by atoms with Crippen molar-refractivity contribution in [1.82, 2.24) is 4.98 Å². The van der Waals surface area contributed by atoms with Crippen LogP contribution in [0.4, 0.5) is 5.13 Å². The molecule has 0 N–H and O–H groups in total. The molecule has 0 amide bonds. The normalized spacial score (nSPS) is 11.5. The lowest BCUT2D eigenvalue weighted by molar-refractivity contribution is 1.06. The van der Waals surface area contributed by atoms with E-state index >= 15 is 0 Å². The maximum Gasteiger partial charge on any atom is 0.230 e. The molecule has 0 unspecified atom stereocenters. The van der Waals surface area contributed by atoms with Crippen LogP contribution in [0, 0.1) is 0 Å². The molecule has 0 spiro atoms. The van der Waals surface area contributed by atoms with Crippen LogP contribution in [-0.2, 0) is 0 Å². The molecule has 0 saturated heterocycles. The van der Waals surface area contributed by atoms with Gasteiger partial charge in [0.25, 0.3) is 0 Å². The van der Waals surface area contributed by atoms with E-state index in [2.05, 4.69) is 34.5 Å². The molecule has 0 aliphatic carbocycles. The number of azo groups is 1. The van der Waals surface area contributed by atoms with Crippen LogP contribution in [0.2, 0.25) is 5.02 Å². The minimum absolute atomic E-state index is 0.505. The number of halogens is 1. The maximum absolute atomic E-state index is 6.05. The summed E-state index contributed by atoms with van der Waals surface area (Å²) >= 11 is 7.58. The van der Waals surface area contributed by atoms with Crippen LogP contribution in [0.5, 0.6) is 0 Å². The molecule has 1 heterocycles. The molecule has 5 heteroatoms. The van der Waals surface area contributed by atoms with Gasteiger partial charge in [-0.05, 0) is 23.3 Å². The van der Waals surface area contributed by atoms with E-state index in [-0.39, 0.29) is 0 Å². The van der Waals surface area contributed by atoms with Crippen LogP contribution in [0.25, 0.3) is 27.8 Å². The molecule has 0 atom stereocenters. The third-order valence-electron chi connectivity index (χ3n) is 4.22. The van der Waals surface area contributed by atoms with E-state index in [9.17, 15) is 0 Å². The van der Waals surface area contributed by atoms with Crippen molar-refractivity contribution in [1.29, 1.82) is 0 Å². The van der Waals surface area contributed by atoms with Crippen LogP contribution < -0.4 is 0 Å². The fourth-order valence-corrected chi connectivity index (χ4v) is 3.90. The molecule has 142 valence electrons. The van der Waals surface area contributed by atoms with Gasteiger partial charge in [0.2, 0.25) is 5.13 Å². The average molecular weight is 416 g/mol. The molecule has 0 saturated carbocycles. The summed E-state index contributed by atoms with van der Waals surface area (Å²) in [6.07, 6.45) is 4.03. The number of rotatable bonds is 6. The van der Waals surface area contributed by atoms with Gasteiger partial charge in [0.15, 0.2) is 0 Å². The summed E-state index contributed by atoms with van der Waals surface area (Å²) in [5.74, 6) is 0. The molecule has 0 fully saturated rings. The molecule has 0 radical (unpaired) electrons. The highest BCUT2D eigenvalue weighted by Crippen LogP contribution is 2.40. The minimum atomic E-state index is 0.505. The molecular formula is C24H18ClN3S. The molecule has 0 aliphatic rings. The minimum Gasteiger partial charge on any atom is -0.216 e. The number of nitrogens with zero attached hydrogens (tertiary/aromatic N) is 3. The topological polar surface area (TPSA) is 37.6 Å². The van der Waals surface area contributed by atoms with Crippen molar-refractivity contribution in [2.24, 2.45) is 10.2 Å². The Bertz CT molecular complexity index is 1120. The summed E-state index contributed by atoms with van der Waals surface area (Å²) < 4.78 is 0. The molecule has 0 bridgehead atoms. The molecule has 3 aromatic carbocycles. The Hall–Kier alpha value is -3.08. The quantitative estimate of drug-likeness (QED) is 0.294. The van der Waals surface area contributed by atoms with Gasteiger partial charge < -0.3 is 0 Å². The highest BCUT2D eigenvalue weighted by Gasteiger charge is 2.14. The Kier molecular flexibility index (Phi) is 6.25. The van der Waals surface area contributed by atoms with Crippen LogP contribution in [0.3, 0.4) is 0 Å². The highest BCUT2D eigenvalue weighted by atomic mass is 35.5. The maximum atomic E-state index is 6.05. The Labute approximate surface area is 179 Å². The molecule has 4 aromatic rings. The van der Waals surface area contributed by atoms with Crippen LogP contribution in [0.15, 0.2) is 101 Å². The fourth-order valence-electron chi connectivity index (χ4n) is 2.84. The van der Waals surface area contributed by atoms with Crippen molar-refractivity contribution in [3.8, 4) is 21.7 Å². The van der Waals surface area contributed by atoms with Gasteiger partial charge in [-0.1, -0.05) is 108 Å². The van der Waals surface area contributed by atoms with Crippen LogP contribution >= 0.6 is 22.9 Å². The lowest BCUT2D eigenvalue weighted by Crippen LogP contribution is -1.81.